The summed E-state index contributed by atoms with van der Waals surface area (Å²) in [5.41, 5.74) is 0.843. The Morgan fingerprint density at radius 1 is 1.60 bits per heavy atom. The minimum absolute atomic E-state index is 0.653. The van der Waals surface area contributed by atoms with Gasteiger partial charge in [-0.25, -0.2) is 13.1 Å². The van der Waals surface area contributed by atoms with E-state index in [4.69, 9.17) is 0 Å². The summed E-state index contributed by atoms with van der Waals surface area (Å²) in [6, 6.07) is 1.83. The lowest BCUT2D eigenvalue weighted by molar-refractivity contribution is -0.114. The molecular weight excluding hydrogens is 302 g/mol. The molecule has 0 unspecified atom stereocenters. The van der Waals surface area contributed by atoms with Crippen molar-refractivity contribution in [2.24, 2.45) is 0 Å². The van der Waals surface area contributed by atoms with Gasteiger partial charge >= 0.3 is 0 Å². The Bertz CT molecular complexity index is 490. The van der Waals surface area contributed by atoms with Crippen molar-refractivity contribution >= 4 is 49.3 Å². The van der Waals surface area contributed by atoms with Gasteiger partial charge in [-0.1, -0.05) is 0 Å². The first-order valence-electron chi connectivity index (χ1n) is 3.81. The summed E-state index contributed by atoms with van der Waals surface area (Å²) in [5.74, 6) is -0.653. The molecule has 0 radical (unpaired) electrons. The third-order valence-electron chi connectivity index (χ3n) is 1.30. The van der Waals surface area contributed by atoms with Crippen LogP contribution in [0.5, 0.6) is 0 Å². The molecule has 1 rings (SSSR count). The van der Waals surface area contributed by atoms with Gasteiger partial charge in [0.25, 0.3) is 5.91 Å². The van der Waals surface area contributed by atoms with E-state index in [2.05, 4.69) is 15.9 Å². The number of carbonyl (C=O) groups excluding carboxylic acids is 1. The van der Waals surface area contributed by atoms with Crippen LogP contribution in [0.3, 0.4) is 0 Å². The molecule has 0 aromatic carbocycles. The molecule has 0 aliphatic heterocycles. The van der Waals surface area contributed by atoms with E-state index in [-0.39, 0.29) is 0 Å². The van der Waals surface area contributed by atoms with Crippen molar-refractivity contribution in [2.45, 2.75) is 0 Å². The van der Waals surface area contributed by atoms with E-state index in [9.17, 15) is 13.2 Å². The molecule has 0 aliphatic rings. The van der Waals surface area contributed by atoms with Crippen LogP contribution in [0, 0.1) is 0 Å². The predicted octanol–water partition coefficient (Wildman–Crippen LogP) is 1.60. The average molecular weight is 310 g/mol. The number of carbonyl (C=O) groups is 1. The quantitative estimate of drug-likeness (QED) is 0.863. The van der Waals surface area contributed by atoms with Crippen LogP contribution in [0.2, 0.25) is 0 Å². The Morgan fingerprint density at radius 3 is 2.73 bits per heavy atom. The Hall–Kier alpha value is -0.660. The summed E-state index contributed by atoms with van der Waals surface area (Å²) in [6.45, 7) is 0. The summed E-state index contributed by atoms with van der Waals surface area (Å²) < 4.78 is 24.2. The second-order valence-corrected chi connectivity index (χ2v) is 6.79. The third-order valence-corrected chi connectivity index (χ3v) is 3.40. The van der Waals surface area contributed by atoms with Crippen LogP contribution in [-0.4, -0.2) is 20.6 Å². The van der Waals surface area contributed by atoms with Crippen LogP contribution >= 0.6 is 27.3 Å². The molecule has 0 spiro atoms. The van der Waals surface area contributed by atoms with Crippen molar-refractivity contribution in [3.8, 4) is 0 Å². The minimum Gasteiger partial charge on any atom is -0.269 e. The fourth-order valence-corrected chi connectivity index (χ4v) is 2.38. The standard InChI is InChI=1S/C8H8BrNO3S2/c1-15(12,13)10-8(11)3-2-6-4-7(9)14-5-6/h2-5H,1H3,(H,10,11)/b3-2-. The summed E-state index contributed by atoms with van der Waals surface area (Å²) in [7, 11) is -3.48. The zero-order valence-electron chi connectivity index (χ0n) is 7.73. The van der Waals surface area contributed by atoms with Crippen molar-refractivity contribution in [3.63, 3.8) is 0 Å². The zero-order chi connectivity index (χ0) is 11.5. The minimum atomic E-state index is -3.48. The lowest BCUT2D eigenvalue weighted by Gasteiger charge is -1.95. The van der Waals surface area contributed by atoms with Gasteiger partial charge in [0.15, 0.2) is 0 Å². The highest BCUT2D eigenvalue weighted by Gasteiger charge is 2.04. The van der Waals surface area contributed by atoms with E-state index in [0.29, 0.717) is 0 Å². The normalized spacial score (nSPS) is 11.9. The number of sulfonamides is 1. The SMILES string of the molecule is CS(=O)(=O)NC(=O)/C=C\c1csc(Br)c1. The van der Waals surface area contributed by atoms with E-state index in [1.54, 1.807) is 6.08 Å². The number of hydrogen-bond donors (Lipinski definition) is 1. The smallest absolute Gasteiger partial charge is 0.257 e. The van der Waals surface area contributed by atoms with Crippen LogP contribution in [0.4, 0.5) is 0 Å². The summed E-state index contributed by atoms with van der Waals surface area (Å²) in [4.78, 5) is 11.1. The fourth-order valence-electron chi connectivity index (χ4n) is 0.799. The molecule has 0 aliphatic carbocycles. The molecule has 1 aromatic heterocycles. The van der Waals surface area contributed by atoms with Crippen molar-refractivity contribution in [1.29, 1.82) is 0 Å². The fraction of sp³-hybridized carbons (Fsp3) is 0.125. The van der Waals surface area contributed by atoms with Crippen LogP contribution in [0.25, 0.3) is 6.08 Å². The highest BCUT2D eigenvalue weighted by molar-refractivity contribution is 9.11. The van der Waals surface area contributed by atoms with Crippen LogP contribution in [-0.2, 0) is 14.8 Å². The Morgan fingerprint density at radius 2 is 2.27 bits per heavy atom. The maximum absolute atomic E-state index is 11.1. The second kappa shape index (κ2) is 4.91. The molecule has 0 saturated heterocycles. The van der Waals surface area contributed by atoms with E-state index in [0.717, 1.165) is 15.6 Å². The molecule has 4 nitrogen and oxygen atoms in total. The topological polar surface area (TPSA) is 63.2 Å². The number of thiophene rings is 1. The molecule has 7 heteroatoms. The van der Waals surface area contributed by atoms with Gasteiger partial charge in [0.2, 0.25) is 10.0 Å². The van der Waals surface area contributed by atoms with Gasteiger partial charge < -0.3 is 0 Å². The average Bonchev–Trinajstić information content (AvgIpc) is 2.45. The van der Waals surface area contributed by atoms with Crippen molar-refractivity contribution in [2.75, 3.05) is 6.26 Å². The van der Waals surface area contributed by atoms with E-state index in [1.807, 2.05) is 16.2 Å². The first kappa shape index (κ1) is 12.4. The number of amides is 1. The molecule has 1 N–H and O–H groups in total. The highest BCUT2D eigenvalue weighted by Crippen LogP contribution is 2.21. The highest BCUT2D eigenvalue weighted by atomic mass is 79.9. The number of nitrogens with one attached hydrogen (secondary N) is 1. The van der Waals surface area contributed by atoms with Crippen molar-refractivity contribution < 1.29 is 13.2 Å². The second-order valence-electron chi connectivity index (χ2n) is 2.76. The van der Waals surface area contributed by atoms with Gasteiger partial charge in [-0.05, 0) is 39.0 Å². The lowest BCUT2D eigenvalue weighted by Crippen LogP contribution is -2.27. The predicted molar refractivity (Wildman–Crippen MR) is 64.0 cm³/mol. The monoisotopic (exact) mass is 309 g/mol. The number of rotatable bonds is 3. The summed E-state index contributed by atoms with van der Waals surface area (Å²) in [5, 5.41) is 1.84. The molecule has 0 atom stereocenters. The molecular formula is C8H8BrNO3S2. The molecule has 15 heavy (non-hydrogen) atoms. The zero-order valence-corrected chi connectivity index (χ0v) is 10.9. The molecule has 82 valence electrons. The van der Waals surface area contributed by atoms with Crippen LogP contribution < -0.4 is 4.72 Å². The lowest BCUT2D eigenvalue weighted by atomic mass is 10.3. The Labute approximate surface area is 100 Å². The van der Waals surface area contributed by atoms with E-state index in [1.165, 1.54) is 17.4 Å². The van der Waals surface area contributed by atoms with Gasteiger partial charge in [0.1, 0.15) is 0 Å². The summed E-state index contributed by atoms with van der Waals surface area (Å²) in [6.07, 6.45) is 3.65. The first-order chi connectivity index (χ1) is 6.87. The van der Waals surface area contributed by atoms with E-state index >= 15 is 0 Å². The largest absolute Gasteiger partial charge is 0.269 e. The number of halogens is 1. The van der Waals surface area contributed by atoms with Crippen LogP contribution in [0.15, 0.2) is 21.3 Å². The number of hydrogen-bond acceptors (Lipinski definition) is 4. The maximum atomic E-state index is 11.1. The molecule has 0 saturated carbocycles. The van der Waals surface area contributed by atoms with Crippen molar-refractivity contribution in [1.82, 2.24) is 4.72 Å². The van der Waals surface area contributed by atoms with Gasteiger partial charge in [-0.2, -0.15) is 0 Å². The molecule has 1 amide bonds. The van der Waals surface area contributed by atoms with E-state index < -0.39 is 15.9 Å². The maximum Gasteiger partial charge on any atom is 0.257 e. The summed E-state index contributed by atoms with van der Waals surface area (Å²) >= 11 is 4.76. The molecule has 0 bridgehead atoms. The van der Waals surface area contributed by atoms with Crippen molar-refractivity contribution in [3.05, 3.63) is 26.9 Å². The Balaban J connectivity index is 2.63. The Kier molecular flexibility index (Phi) is 4.06. The first-order valence-corrected chi connectivity index (χ1v) is 7.37. The van der Waals surface area contributed by atoms with Gasteiger partial charge in [-0.3, -0.25) is 4.79 Å². The van der Waals surface area contributed by atoms with Crippen LogP contribution in [0.1, 0.15) is 5.56 Å². The molecule has 1 aromatic rings. The van der Waals surface area contributed by atoms with Gasteiger partial charge in [0, 0.05) is 6.08 Å². The van der Waals surface area contributed by atoms with Gasteiger partial charge in [-0.15, -0.1) is 11.3 Å². The third kappa shape index (κ3) is 5.10. The van der Waals surface area contributed by atoms with Gasteiger partial charge in [0.05, 0.1) is 10.0 Å². The molecule has 1 heterocycles. The molecule has 0 fully saturated rings.